The van der Waals surface area contributed by atoms with Gasteiger partial charge in [0.25, 0.3) is 0 Å². The molecule has 1 aliphatic carbocycles. The first-order valence-corrected chi connectivity index (χ1v) is 12.2. The molecule has 0 radical (unpaired) electrons. The maximum atomic E-state index is 12.9. The van der Waals surface area contributed by atoms with Crippen LogP contribution in [0, 0.1) is 5.92 Å². The lowest BCUT2D eigenvalue weighted by molar-refractivity contribution is -0.146. The Morgan fingerprint density at radius 3 is 2.33 bits per heavy atom. The molecule has 1 aliphatic heterocycles. The van der Waals surface area contributed by atoms with Crippen molar-refractivity contribution in [2.24, 2.45) is 5.92 Å². The molecule has 2 fully saturated rings. The van der Waals surface area contributed by atoms with E-state index in [4.69, 9.17) is 23.2 Å². The number of hydrogen-bond acceptors (Lipinski definition) is 5. The maximum Gasteiger partial charge on any atom is 0.242 e. The summed E-state index contributed by atoms with van der Waals surface area (Å²) in [6, 6.07) is 9.12. The molecule has 2 amide bonds. The zero-order valence-corrected chi connectivity index (χ0v) is 20.5. The van der Waals surface area contributed by atoms with Crippen molar-refractivity contribution in [2.45, 2.75) is 39.2 Å². The van der Waals surface area contributed by atoms with Crippen LogP contribution in [-0.2, 0) is 9.59 Å². The fraction of sp³-hybridized carbons (Fsp3) is 0.500. The monoisotopic (exact) mass is 489 g/mol. The highest BCUT2D eigenvalue weighted by atomic mass is 35.5. The van der Waals surface area contributed by atoms with Crippen molar-refractivity contribution < 1.29 is 9.59 Å². The highest BCUT2D eigenvalue weighted by Crippen LogP contribution is 2.30. The Labute approximate surface area is 204 Å². The third-order valence-electron chi connectivity index (χ3n) is 6.48. The van der Waals surface area contributed by atoms with Crippen LogP contribution >= 0.6 is 23.2 Å². The van der Waals surface area contributed by atoms with E-state index in [2.05, 4.69) is 15.1 Å². The topological polar surface area (TPSA) is 69.6 Å². The Bertz CT molecular complexity index is 1000. The minimum absolute atomic E-state index is 0.00911. The molecule has 0 atom stereocenters. The summed E-state index contributed by atoms with van der Waals surface area (Å²) in [5.41, 5.74) is 1.46. The van der Waals surface area contributed by atoms with E-state index in [0.717, 1.165) is 30.6 Å². The van der Waals surface area contributed by atoms with Gasteiger partial charge in [-0.05, 0) is 57.0 Å². The number of piperazine rings is 1. The maximum absolute atomic E-state index is 12.9. The molecular weight excluding hydrogens is 461 g/mol. The van der Waals surface area contributed by atoms with E-state index in [1.807, 2.05) is 36.9 Å². The molecule has 0 N–H and O–H groups in total. The van der Waals surface area contributed by atoms with Gasteiger partial charge < -0.3 is 14.7 Å². The summed E-state index contributed by atoms with van der Waals surface area (Å²) in [5, 5.41) is 9.81. The van der Waals surface area contributed by atoms with E-state index in [9.17, 15) is 9.59 Å². The van der Waals surface area contributed by atoms with Gasteiger partial charge in [-0.15, -0.1) is 10.2 Å². The van der Waals surface area contributed by atoms with Crippen LogP contribution < -0.4 is 4.90 Å². The lowest BCUT2D eigenvalue weighted by atomic mass is 9.84. The summed E-state index contributed by atoms with van der Waals surface area (Å²) in [7, 11) is 0. The third-order valence-corrected chi connectivity index (χ3v) is 7.03. The normalized spacial score (nSPS) is 16.6. The van der Waals surface area contributed by atoms with Crippen molar-refractivity contribution in [3.8, 4) is 11.3 Å². The average molecular weight is 490 g/mol. The van der Waals surface area contributed by atoms with Crippen LogP contribution in [0.1, 0.15) is 33.1 Å². The van der Waals surface area contributed by atoms with Gasteiger partial charge in [0, 0.05) is 48.7 Å². The van der Waals surface area contributed by atoms with Crippen molar-refractivity contribution in [3.05, 3.63) is 40.4 Å². The van der Waals surface area contributed by atoms with Gasteiger partial charge in [-0.25, -0.2) is 0 Å². The number of halogens is 2. The molecule has 2 aromatic rings. The predicted octanol–water partition coefficient (Wildman–Crippen LogP) is 4.14. The van der Waals surface area contributed by atoms with Gasteiger partial charge in [-0.1, -0.05) is 29.6 Å². The third kappa shape index (κ3) is 5.41. The number of amides is 2. The van der Waals surface area contributed by atoms with Crippen molar-refractivity contribution in [3.63, 3.8) is 0 Å². The Hall–Kier alpha value is -2.38. The van der Waals surface area contributed by atoms with E-state index in [1.54, 1.807) is 17.0 Å². The molecule has 33 heavy (non-hydrogen) atoms. The average Bonchev–Trinajstić information content (AvgIpc) is 2.76. The molecule has 2 heterocycles. The summed E-state index contributed by atoms with van der Waals surface area (Å²) in [6.45, 7) is 6.62. The summed E-state index contributed by atoms with van der Waals surface area (Å²) < 4.78 is 0. The Balaban J connectivity index is 1.33. The first-order chi connectivity index (χ1) is 15.8. The van der Waals surface area contributed by atoms with Gasteiger partial charge >= 0.3 is 0 Å². The number of nitrogens with zero attached hydrogens (tertiary/aromatic N) is 5. The van der Waals surface area contributed by atoms with Crippen LogP contribution in [0.5, 0.6) is 0 Å². The van der Waals surface area contributed by atoms with E-state index in [-0.39, 0.29) is 30.3 Å². The standard InChI is InChI=1S/C24H29Cl2N5O2/c1-16(2)31(24(33)17-4-3-5-17)15-23(32)30-12-10-29(11-13-30)22-9-8-21(27-28-22)19-7-6-18(25)14-20(19)26/h6-9,14,16-17H,3-5,10-13,15H2,1-2H3. The Kier molecular flexibility index (Phi) is 7.39. The molecular formula is C24H29Cl2N5O2. The largest absolute Gasteiger partial charge is 0.352 e. The molecule has 1 saturated carbocycles. The lowest BCUT2D eigenvalue weighted by Crippen LogP contribution is -2.53. The molecule has 1 aromatic heterocycles. The minimum Gasteiger partial charge on any atom is -0.352 e. The zero-order valence-electron chi connectivity index (χ0n) is 19.0. The second-order valence-corrected chi connectivity index (χ2v) is 9.80. The molecule has 1 saturated heterocycles. The van der Waals surface area contributed by atoms with Crippen molar-refractivity contribution in [2.75, 3.05) is 37.6 Å². The van der Waals surface area contributed by atoms with Gasteiger partial charge in [-0.3, -0.25) is 9.59 Å². The van der Waals surface area contributed by atoms with Crippen molar-refractivity contribution in [1.29, 1.82) is 0 Å². The number of hydrogen-bond donors (Lipinski definition) is 0. The fourth-order valence-electron chi connectivity index (χ4n) is 4.17. The molecule has 0 bridgehead atoms. The molecule has 2 aliphatic rings. The van der Waals surface area contributed by atoms with E-state index >= 15 is 0 Å². The molecule has 9 heteroatoms. The first kappa shape index (κ1) is 23.8. The molecule has 4 rings (SSSR count). The van der Waals surface area contributed by atoms with Crippen LogP contribution in [-0.4, -0.2) is 70.6 Å². The van der Waals surface area contributed by atoms with Crippen LogP contribution in [0.3, 0.4) is 0 Å². The highest BCUT2D eigenvalue weighted by molar-refractivity contribution is 6.36. The number of carbonyl (C=O) groups excluding carboxylic acids is 2. The van der Waals surface area contributed by atoms with Crippen molar-refractivity contribution >= 4 is 40.8 Å². The van der Waals surface area contributed by atoms with E-state index in [1.165, 1.54) is 0 Å². The summed E-state index contributed by atoms with van der Waals surface area (Å²) in [5.74, 6) is 0.996. The number of carbonyl (C=O) groups is 2. The molecule has 7 nitrogen and oxygen atoms in total. The predicted molar refractivity (Wildman–Crippen MR) is 130 cm³/mol. The van der Waals surface area contributed by atoms with E-state index in [0.29, 0.717) is 41.9 Å². The summed E-state index contributed by atoms with van der Waals surface area (Å²) in [6.07, 6.45) is 2.99. The van der Waals surface area contributed by atoms with Gasteiger partial charge in [0.15, 0.2) is 5.82 Å². The van der Waals surface area contributed by atoms with Gasteiger partial charge in [0.05, 0.1) is 17.3 Å². The first-order valence-electron chi connectivity index (χ1n) is 11.5. The van der Waals surface area contributed by atoms with E-state index < -0.39 is 0 Å². The molecule has 176 valence electrons. The number of anilines is 1. The van der Waals surface area contributed by atoms with Crippen molar-refractivity contribution in [1.82, 2.24) is 20.0 Å². The summed E-state index contributed by atoms with van der Waals surface area (Å²) >= 11 is 12.2. The summed E-state index contributed by atoms with van der Waals surface area (Å²) in [4.78, 5) is 31.3. The Morgan fingerprint density at radius 2 is 1.79 bits per heavy atom. The van der Waals surface area contributed by atoms with Crippen LogP contribution in [0.4, 0.5) is 5.82 Å². The number of benzene rings is 1. The van der Waals surface area contributed by atoms with Gasteiger partial charge in [0.1, 0.15) is 0 Å². The second kappa shape index (κ2) is 10.3. The smallest absolute Gasteiger partial charge is 0.242 e. The molecule has 1 aromatic carbocycles. The van der Waals surface area contributed by atoms with Crippen LogP contribution in [0.15, 0.2) is 30.3 Å². The molecule has 0 unspecified atom stereocenters. The number of rotatable bonds is 6. The second-order valence-electron chi connectivity index (χ2n) is 8.96. The molecule has 0 spiro atoms. The van der Waals surface area contributed by atoms with Crippen LogP contribution in [0.25, 0.3) is 11.3 Å². The zero-order chi connectivity index (χ0) is 23.5. The van der Waals surface area contributed by atoms with Gasteiger partial charge in [-0.2, -0.15) is 0 Å². The fourth-order valence-corrected chi connectivity index (χ4v) is 4.68. The minimum atomic E-state index is 0.00911. The van der Waals surface area contributed by atoms with Gasteiger partial charge in [0.2, 0.25) is 11.8 Å². The lowest BCUT2D eigenvalue weighted by Gasteiger charge is -2.38. The highest BCUT2D eigenvalue weighted by Gasteiger charge is 2.33. The number of aromatic nitrogens is 2. The SMILES string of the molecule is CC(C)N(CC(=O)N1CCN(c2ccc(-c3ccc(Cl)cc3Cl)nn2)CC1)C(=O)C1CCC1. The quantitative estimate of drug-likeness (QED) is 0.609. The Morgan fingerprint density at radius 1 is 1.06 bits per heavy atom. The van der Waals surface area contributed by atoms with Crippen LogP contribution in [0.2, 0.25) is 10.0 Å².